The lowest BCUT2D eigenvalue weighted by Crippen LogP contribution is -2.40. The molecule has 1 saturated carbocycles. The highest BCUT2D eigenvalue weighted by atomic mass is 16.5. The molecule has 0 atom stereocenters. The first kappa shape index (κ1) is 12.2. The number of aromatic nitrogens is 1. The van der Waals surface area contributed by atoms with Crippen LogP contribution in [0.1, 0.15) is 31.4 Å². The Morgan fingerprint density at radius 3 is 2.58 bits per heavy atom. The van der Waals surface area contributed by atoms with Crippen LogP contribution in [0, 0.1) is 11.3 Å². The number of nitriles is 1. The molecule has 0 aromatic carbocycles. The minimum absolute atomic E-state index is 0.131. The zero-order valence-electron chi connectivity index (χ0n) is 10.8. The van der Waals surface area contributed by atoms with Gasteiger partial charge in [-0.25, -0.2) is 0 Å². The van der Waals surface area contributed by atoms with Crippen LogP contribution in [-0.2, 0) is 10.2 Å². The van der Waals surface area contributed by atoms with Gasteiger partial charge in [0.15, 0.2) is 0 Å². The topological polar surface area (TPSA) is 71.9 Å². The van der Waals surface area contributed by atoms with E-state index >= 15 is 0 Å². The van der Waals surface area contributed by atoms with Crippen LogP contribution >= 0.6 is 0 Å². The molecule has 1 aliphatic carbocycles. The van der Waals surface area contributed by atoms with E-state index in [2.05, 4.69) is 23.2 Å². The number of hydrogen-bond acceptors (Lipinski definition) is 4. The van der Waals surface area contributed by atoms with Crippen molar-refractivity contribution in [3.8, 4) is 6.07 Å². The smallest absolute Gasteiger partial charge is 0.0995 e. The van der Waals surface area contributed by atoms with Crippen molar-refractivity contribution < 1.29 is 4.74 Å². The lowest BCUT2D eigenvalue weighted by Gasteiger charge is -2.39. The molecule has 4 heteroatoms. The highest BCUT2D eigenvalue weighted by Gasteiger charge is 2.45. The number of nitrogens with two attached hydrogens (primary N) is 1. The number of ether oxygens (including phenoxy) is 1. The Morgan fingerprint density at radius 1 is 1.26 bits per heavy atom. The molecule has 0 radical (unpaired) electrons. The van der Waals surface area contributed by atoms with Gasteiger partial charge in [0.2, 0.25) is 0 Å². The molecule has 2 heterocycles. The Hall–Kier alpha value is -1.86. The van der Waals surface area contributed by atoms with Gasteiger partial charge in [0.05, 0.1) is 41.3 Å². The second-order valence-corrected chi connectivity index (χ2v) is 5.45. The fourth-order valence-corrected chi connectivity index (χ4v) is 3.05. The van der Waals surface area contributed by atoms with Crippen molar-refractivity contribution in [1.29, 1.82) is 5.26 Å². The maximum atomic E-state index is 9.62. The average molecular weight is 255 g/mol. The summed E-state index contributed by atoms with van der Waals surface area (Å²) in [6.07, 6.45) is 9.18. The predicted octanol–water partition coefficient (Wildman–Crippen LogP) is 2.32. The van der Waals surface area contributed by atoms with Crippen LogP contribution in [0.3, 0.4) is 0 Å². The lowest BCUT2D eigenvalue weighted by molar-refractivity contribution is -0.0134. The predicted molar refractivity (Wildman–Crippen MR) is 72.2 cm³/mol. The summed E-state index contributed by atoms with van der Waals surface area (Å²) in [6.45, 7) is 0.694. The maximum absolute atomic E-state index is 9.62. The molecule has 1 fully saturated rings. The molecular weight excluding hydrogens is 238 g/mol. The van der Waals surface area contributed by atoms with Gasteiger partial charge >= 0.3 is 0 Å². The van der Waals surface area contributed by atoms with Crippen LogP contribution in [0.4, 0.5) is 5.69 Å². The van der Waals surface area contributed by atoms with E-state index < -0.39 is 5.41 Å². The van der Waals surface area contributed by atoms with Crippen molar-refractivity contribution >= 4 is 5.69 Å². The third-order valence-electron chi connectivity index (χ3n) is 4.33. The Bertz CT molecular complexity index is 534. The summed E-state index contributed by atoms with van der Waals surface area (Å²) in [5.41, 5.74) is 6.51. The van der Waals surface area contributed by atoms with Crippen molar-refractivity contribution in [1.82, 2.24) is 4.98 Å². The quantitative estimate of drug-likeness (QED) is 0.782. The molecular formula is C15H17N3O. The SMILES string of the molecule is N#C[C@]1(c2ccc(N)cn2)CC[C@@]2(C=CCO2)CC1. The molecule has 19 heavy (non-hydrogen) atoms. The third kappa shape index (κ3) is 2.00. The van der Waals surface area contributed by atoms with E-state index in [1.54, 1.807) is 6.20 Å². The van der Waals surface area contributed by atoms with Gasteiger partial charge in [-0.1, -0.05) is 12.2 Å². The molecule has 3 rings (SSSR count). The molecule has 1 aliphatic heterocycles. The van der Waals surface area contributed by atoms with Gasteiger partial charge in [-0.2, -0.15) is 5.26 Å². The first-order chi connectivity index (χ1) is 9.18. The molecule has 2 aliphatic rings. The summed E-state index contributed by atoms with van der Waals surface area (Å²) in [5, 5.41) is 9.62. The second-order valence-electron chi connectivity index (χ2n) is 5.45. The molecule has 1 aromatic heterocycles. The van der Waals surface area contributed by atoms with Crippen molar-refractivity contribution in [3.05, 3.63) is 36.2 Å². The van der Waals surface area contributed by atoms with Gasteiger partial charge in [0, 0.05) is 0 Å². The number of hydrogen-bond donors (Lipinski definition) is 1. The van der Waals surface area contributed by atoms with E-state index in [4.69, 9.17) is 10.5 Å². The third-order valence-corrected chi connectivity index (χ3v) is 4.33. The Morgan fingerprint density at radius 2 is 2.05 bits per heavy atom. The van der Waals surface area contributed by atoms with Crippen molar-refractivity contribution in [2.75, 3.05) is 12.3 Å². The largest absolute Gasteiger partial charge is 0.397 e. The second kappa shape index (κ2) is 4.36. The van der Waals surface area contributed by atoms with E-state index in [-0.39, 0.29) is 5.60 Å². The minimum atomic E-state index is -0.487. The average Bonchev–Trinajstić information content (AvgIpc) is 2.90. The van der Waals surface area contributed by atoms with Crippen LogP contribution in [0.5, 0.6) is 0 Å². The van der Waals surface area contributed by atoms with Gasteiger partial charge in [0.25, 0.3) is 0 Å². The molecule has 2 N–H and O–H groups in total. The van der Waals surface area contributed by atoms with Gasteiger partial charge in [-0.05, 0) is 37.8 Å². The maximum Gasteiger partial charge on any atom is 0.0995 e. The van der Waals surface area contributed by atoms with Crippen LogP contribution < -0.4 is 5.73 Å². The van der Waals surface area contributed by atoms with Gasteiger partial charge < -0.3 is 10.5 Å². The number of pyridine rings is 1. The minimum Gasteiger partial charge on any atom is -0.397 e. The molecule has 0 unspecified atom stereocenters. The highest BCUT2D eigenvalue weighted by Crippen LogP contribution is 2.45. The Balaban J connectivity index is 1.85. The van der Waals surface area contributed by atoms with Gasteiger partial charge in [-0.15, -0.1) is 0 Å². The molecule has 0 bridgehead atoms. The zero-order chi connectivity index (χ0) is 13.3. The fraction of sp³-hybridized carbons (Fsp3) is 0.467. The van der Waals surface area contributed by atoms with Crippen molar-refractivity contribution in [2.24, 2.45) is 0 Å². The fourth-order valence-electron chi connectivity index (χ4n) is 3.05. The lowest BCUT2D eigenvalue weighted by atomic mass is 9.67. The van der Waals surface area contributed by atoms with E-state index in [0.717, 1.165) is 31.4 Å². The first-order valence-corrected chi connectivity index (χ1v) is 6.63. The van der Waals surface area contributed by atoms with Crippen LogP contribution in [0.15, 0.2) is 30.5 Å². The Kier molecular flexibility index (Phi) is 2.79. The number of rotatable bonds is 1. The summed E-state index contributed by atoms with van der Waals surface area (Å²) >= 11 is 0. The van der Waals surface area contributed by atoms with E-state index in [1.807, 2.05) is 12.1 Å². The normalized spacial score (nSPS) is 33.4. The number of nitrogens with zero attached hydrogens (tertiary/aromatic N) is 2. The monoisotopic (exact) mass is 255 g/mol. The molecule has 1 spiro atoms. The van der Waals surface area contributed by atoms with E-state index in [1.165, 1.54) is 0 Å². The summed E-state index contributed by atoms with van der Waals surface area (Å²) in [6, 6.07) is 6.17. The molecule has 0 amide bonds. The van der Waals surface area contributed by atoms with E-state index in [9.17, 15) is 5.26 Å². The van der Waals surface area contributed by atoms with Gasteiger partial charge in [0.1, 0.15) is 0 Å². The van der Waals surface area contributed by atoms with Crippen LogP contribution in [0.25, 0.3) is 0 Å². The summed E-state index contributed by atoms with van der Waals surface area (Å²) in [4.78, 5) is 4.35. The number of anilines is 1. The van der Waals surface area contributed by atoms with Crippen LogP contribution in [-0.4, -0.2) is 17.2 Å². The summed E-state index contributed by atoms with van der Waals surface area (Å²) in [7, 11) is 0. The zero-order valence-corrected chi connectivity index (χ0v) is 10.8. The van der Waals surface area contributed by atoms with Crippen molar-refractivity contribution in [3.63, 3.8) is 0 Å². The molecule has 98 valence electrons. The van der Waals surface area contributed by atoms with E-state index in [0.29, 0.717) is 12.3 Å². The highest BCUT2D eigenvalue weighted by molar-refractivity contribution is 5.38. The summed E-state index contributed by atoms with van der Waals surface area (Å²) in [5.74, 6) is 0. The van der Waals surface area contributed by atoms with Gasteiger partial charge in [-0.3, -0.25) is 4.98 Å². The Labute approximate surface area is 112 Å². The number of nitrogen functional groups attached to an aromatic ring is 1. The molecule has 4 nitrogen and oxygen atoms in total. The van der Waals surface area contributed by atoms with Crippen LogP contribution in [0.2, 0.25) is 0 Å². The molecule has 1 aromatic rings. The van der Waals surface area contributed by atoms with Crippen molar-refractivity contribution in [2.45, 2.75) is 36.7 Å². The molecule has 0 saturated heterocycles. The summed E-state index contributed by atoms with van der Waals surface area (Å²) < 4.78 is 5.81. The first-order valence-electron chi connectivity index (χ1n) is 6.63. The standard InChI is InChI=1S/C15H17N3O/c16-11-14(13-3-2-12(17)10-18-13)5-7-15(8-6-14)4-1-9-19-15/h1-4,10H,5-9,17H2/t14-,15-.